The first-order valence-corrected chi connectivity index (χ1v) is 17.7. The average molecular weight is 615 g/mol. The van der Waals surface area contributed by atoms with E-state index in [4.69, 9.17) is 9.47 Å². The third kappa shape index (κ3) is 5.69. The van der Waals surface area contributed by atoms with Crippen LogP contribution in [0.2, 0.25) is 0 Å². The Labute approximate surface area is 268 Å². The molecular formula is C38H50N2O5. The summed E-state index contributed by atoms with van der Waals surface area (Å²) in [6.07, 6.45) is 11.8. The van der Waals surface area contributed by atoms with E-state index < -0.39 is 0 Å². The number of likely N-dealkylation sites (N-methyl/N-ethyl adjacent to an activating group) is 1. The Morgan fingerprint density at radius 1 is 1.07 bits per heavy atom. The minimum Gasteiger partial charge on any atom is -0.483 e. The quantitative estimate of drug-likeness (QED) is 0.174. The van der Waals surface area contributed by atoms with Gasteiger partial charge in [0.2, 0.25) is 5.91 Å². The zero-order chi connectivity index (χ0) is 31.1. The molecule has 45 heavy (non-hydrogen) atoms. The Hall–Kier alpha value is -2.90. The lowest BCUT2D eigenvalue weighted by molar-refractivity contribution is -0.142. The molecule has 242 valence electrons. The summed E-state index contributed by atoms with van der Waals surface area (Å²) in [5, 5.41) is 10.1. The minimum atomic E-state index is -0.341. The lowest BCUT2D eigenvalue weighted by Gasteiger charge is -2.60. The molecule has 7 atom stereocenters. The van der Waals surface area contributed by atoms with Gasteiger partial charge in [0.1, 0.15) is 6.10 Å². The molecule has 1 amide bonds. The normalized spacial score (nSPS) is 30.7. The second-order valence-corrected chi connectivity index (χ2v) is 14.4. The molecule has 5 aliphatic rings. The number of likely N-dealkylation sites (tertiary alicyclic amines) is 1. The fourth-order valence-corrected chi connectivity index (χ4v) is 9.62. The van der Waals surface area contributed by atoms with Gasteiger partial charge in [-0.05, 0) is 87.9 Å². The van der Waals surface area contributed by atoms with E-state index in [1.807, 2.05) is 6.07 Å². The van der Waals surface area contributed by atoms with E-state index in [1.54, 1.807) is 0 Å². The molecule has 1 spiro atoms. The van der Waals surface area contributed by atoms with Crippen LogP contribution < -0.4 is 9.47 Å². The Balaban J connectivity index is 1.06. The fraction of sp³-hybridized carbons (Fsp3) is 0.632. The molecule has 7 nitrogen and oxygen atoms in total. The molecule has 7 rings (SSSR count). The third-order valence-corrected chi connectivity index (χ3v) is 11.8. The maximum absolute atomic E-state index is 13.8. The van der Waals surface area contributed by atoms with E-state index in [9.17, 15) is 14.7 Å². The Bertz CT molecular complexity index is 1400. The number of hydrogen-bond donors (Lipinski definition) is 1. The molecule has 0 radical (unpaired) electrons. The van der Waals surface area contributed by atoms with E-state index in [2.05, 4.69) is 53.1 Å². The van der Waals surface area contributed by atoms with Crippen LogP contribution in [-0.4, -0.2) is 70.7 Å². The van der Waals surface area contributed by atoms with Gasteiger partial charge in [-0.3, -0.25) is 14.5 Å². The number of rotatable bonds is 13. The molecular weight excluding hydrogens is 564 g/mol. The second-order valence-electron chi connectivity index (χ2n) is 14.4. The van der Waals surface area contributed by atoms with Crippen molar-refractivity contribution >= 4 is 11.9 Å². The number of amides is 1. The highest BCUT2D eigenvalue weighted by Crippen LogP contribution is 2.64. The largest absolute Gasteiger partial charge is 0.483 e. The Kier molecular flexibility index (Phi) is 8.68. The molecule has 3 fully saturated rings. The van der Waals surface area contributed by atoms with E-state index >= 15 is 0 Å². The molecule has 1 N–H and O–H groups in total. The first-order chi connectivity index (χ1) is 21.9. The molecule has 2 aromatic carbocycles. The number of aliphatic hydroxyl groups excluding tert-OH is 1. The van der Waals surface area contributed by atoms with Gasteiger partial charge in [0.15, 0.2) is 11.5 Å². The molecule has 2 saturated carbocycles. The van der Waals surface area contributed by atoms with Gasteiger partial charge in [0.05, 0.1) is 12.1 Å². The van der Waals surface area contributed by atoms with Crippen LogP contribution in [0.1, 0.15) is 94.7 Å². The number of hydrogen-bond acceptors (Lipinski definition) is 6. The van der Waals surface area contributed by atoms with E-state index in [1.165, 1.54) is 42.9 Å². The Morgan fingerprint density at radius 3 is 2.60 bits per heavy atom. The number of nitrogens with zero attached hydrogens (tertiary/aromatic N) is 2. The van der Waals surface area contributed by atoms with Crippen molar-refractivity contribution in [2.75, 3.05) is 19.6 Å². The number of ether oxygens (including phenoxy) is 2. The van der Waals surface area contributed by atoms with Crippen molar-refractivity contribution in [2.24, 2.45) is 11.8 Å². The van der Waals surface area contributed by atoms with Gasteiger partial charge in [0, 0.05) is 49.4 Å². The molecule has 3 aliphatic carbocycles. The zero-order valence-corrected chi connectivity index (χ0v) is 27.1. The molecule has 2 unspecified atom stereocenters. The fourth-order valence-electron chi connectivity index (χ4n) is 9.62. The predicted octanol–water partition coefficient (Wildman–Crippen LogP) is 5.83. The molecule has 2 heterocycles. The number of aliphatic hydroxyl groups is 1. The highest BCUT2D eigenvalue weighted by atomic mass is 16.6. The second kappa shape index (κ2) is 12.7. The van der Waals surface area contributed by atoms with E-state index in [0.29, 0.717) is 36.6 Å². The summed E-state index contributed by atoms with van der Waals surface area (Å²) >= 11 is 0. The highest BCUT2D eigenvalue weighted by molar-refractivity contribution is 5.77. The number of carbonyl (C=O) groups is 2. The van der Waals surface area contributed by atoms with Crippen LogP contribution in [0, 0.1) is 11.8 Å². The predicted molar refractivity (Wildman–Crippen MR) is 173 cm³/mol. The molecule has 2 aromatic rings. The van der Waals surface area contributed by atoms with Gasteiger partial charge in [-0.2, -0.15) is 0 Å². The first-order valence-electron chi connectivity index (χ1n) is 17.7. The van der Waals surface area contributed by atoms with Gasteiger partial charge < -0.3 is 19.5 Å². The number of esters is 1. The van der Waals surface area contributed by atoms with E-state index in [-0.39, 0.29) is 35.5 Å². The van der Waals surface area contributed by atoms with Crippen molar-refractivity contribution in [1.29, 1.82) is 0 Å². The standard InChI is InChI=1S/C38H50N2O5/c1-3-40(34(43)15-11-6-4-5-8-12-26-13-9-7-10-14-26)30-18-17-29-31-22-27-16-19-33(44-25(2)41)36-35(27)38(29,37(30)45-36)20-21-39(31)24-28-23-32(28)42/h7,9-10,13-14,16,19,28-32,37,42H,3-6,8,11-12,15,17-18,20-24H2,1-2H3/t28?,29-,30-,31+,32?,37-,38-/m0/s1. The number of unbranched alkanes of at least 4 members (excludes halogenated alkanes) is 4. The van der Waals surface area contributed by atoms with Gasteiger partial charge in [-0.25, -0.2) is 0 Å². The van der Waals surface area contributed by atoms with Crippen LogP contribution >= 0.6 is 0 Å². The SMILES string of the molecule is CCN(C(=O)CCCCCCCc1ccccc1)[C@H]1CC[C@H]2[C@H]3Cc4ccc(OC(C)=O)c5c4[C@@]2(CCN3CC2CC2O)[C@H]1O5. The summed E-state index contributed by atoms with van der Waals surface area (Å²) in [6, 6.07) is 15.2. The molecule has 1 saturated heterocycles. The van der Waals surface area contributed by atoms with Gasteiger partial charge in [-0.15, -0.1) is 0 Å². The topological polar surface area (TPSA) is 79.3 Å². The van der Waals surface area contributed by atoms with Crippen LogP contribution in [0.15, 0.2) is 42.5 Å². The molecule has 7 heteroatoms. The summed E-state index contributed by atoms with van der Waals surface area (Å²) in [6.45, 7) is 6.16. The summed E-state index contributed by atoms with van der Waals surface area (Å²) < 4.78 is 12.7. The van der Waals surface area contributed by atoms with Gasteiger partial charge >= 0.3 is 5.97 Å². The summed E-state index contributed by atoms with van der Waals surface area (Å²) in [5.41, 5.74) is 3.77. The number of benzene rings is 2. The van der Waals surface area contributed by atoms with Gasteiger partial charge in [0.25, 0.3) is 0 Å². The smallest absolute Gasteiger partial charge is 0.308 e. The highest BCUT2D eigenvalue weighted by Gasteiger charge is 2.67. The molecule has 2 bridgehead atoms. The van der Waals surface area contributed by atoms with Crippen LogP contribution in [0.5, 0.6) is 11.5 Å². The minimum absolute atomic E-state index is 0.00519. The maximum atomic E-state index is 13.8. The Morgan fingerprint density at radius 2 is 1.84 bits per heavy atom. The average Bonchev–Trinajstić information content (AvgIpc) is 3.61. The van der Waals surface area contributed by atoms with Crippen molar-refractivity contribution in [3.05, 3.63) is 59.2 Å². The van der Waals surface area contributed by atoms with Crippen LogP contribution in [0.4, 0.5) is 0 Å². The van der Waals surface area contributed by atoms with Crippen LogP contribution in [0.3, 0.4) is 0 Å². The van der Waals surface area contributed by atoms with Gasteiger partial charge in [-0.1, -0.05) is 55.7 Å². The van der Waals surface area contributed by atoms with Crippen molar-refractivity contribution in [1.82, 2.24) is 9.80 Å². The lowest BCUT2D eigenvalue weighted by atomic mass is 9.51. The van der Waals surface area contributed by atoms with Crippen LogP contribution in [-0.2, 0) is 27.8 Å². The van der Waals surface area contributed by atoms with Crippen molar-refractivity contribution < 1.29 is 24.2 Å². The summed E-state index contributed by atoms with van der Waals surface area (Å²) in [4.78, 5) is 30.7. The van der Waals surface area contributed by atoms with Crippen LogP contribution in [0.25, 0.3) is 0 Å². The van der Waals surface area contributed by atoms with E-state index in [0.717, 1.165) is 70.2 Å². The number of piperidine rings is 1. The van der Waals surface area contributed by atoms with Crippen molar-refractivity contribution in [3.8, 4) is 11.5 Å². The van der Waals surface area contributed by atoms with Crippen molar-refractivity contribution in [3.63, 3.8) is 0 Å². The monoisotopic (exact) mass is 614 g/mol. The summed E-state index contributed by atoms with van der Waals surface area (Å²) in [5.74, 6) is 1.99. The third-order valence-electron chi connectivity index (χ3n) is 11.8. The zero-order valence-electron chi connectivity index (χ0n) is 27.1. The molecule has 2 aliphatic heterocycles. The van der Waals surface area contributed by atoms with Crippen molar-refractivity contribution in [2.45, 2.75) is 121 Å². The first kappa shape index (κ1) is 30.7. The number of aryl methyl sites for hydroxylation is 1. The summed E-state index contributed by atoms with van der Waals surface area (Å²) in [7, 11) is 0. The molecule has 0 aromatic heterocycles. The maximum Gasteiger partial charge on any atom is 0.308 e. The number of carbonyl (C=O) groups excluding carboxylic acids is 2. The lowest BCUT2D eigenvalue weighted by Crippen LogP contribution is -2.69.